The molecular weight excluding hydrogens is 314 g/mol. The van der Waals surface area contributed by atoms with Crippen LogP contribution >= 0.6 is 0 Å². The number of benzene rings is 1. The van der Waals surface area contributed by atoms with Crippen molar-refractivity contribution in [3.63, 3.8) is 0 Å². The van der Waals surface area contributed by atoms with Gasteiger partial charge in [0.05, 0.1) is 26.5 Å². The highest BCUT2D eigenvalue weighted by atomic mass is 16.5. The fraction of sp³-hybridized carbons (Fsp3) is 0.267. The quantitative estimate of drug-likeness (QED) is 0.675. The van der Waals surface area contributed by atoms with Crippen molar-refractivity contribution in [2.45, 2.75) is 13.5 Å². The highest BCUT2D eigenvalue weighted by molar-refractivity contribution is 5.76. The minimum Gasteiger partial charge on any atom is -0.493 e. The molecule has 9 heteroatoms. The molecule has 0 aliphatic heterocycles. The lowest BCUT2D eigenvalue weighted by molar-refractivity contribution is -0.117. The molecule has 2 heterocycles. The Morgan fingerprint density at radius 2 is 1.96 bits per heavy atom. The van der Waals surface area contributed by atoms with Gasteiger partial charge in [-0.25, -0.2) is 4.98 Å². The van der Waals surface area contributed by atoms with Gasteiger partial charge >= 0.3 is 0 Å². The zero-order chi connectivity index (χ0) is 17.3. The topological polar surface area (TPSA) is 101 Å². The van der Waals surface area contributed by atoms with Gasteiger partial charge in [0.2, 0.25) is 0 Å². The van der Waals surface area contributed by atoms with Crippen molar-refractivity contribution in [1.82, 2.24) is 24.5 Å². The first-order chi connectivity index (χ1) is 11.5. The standard InChI is InChI=1S/C15H15N5O4/c1-9(21)7-19-8-16-14-13(15(19)22)17-18-20(14)10-4-5-11(23-2)12(6-10)24-3/h4-6,8H,7H2,1-3H3. The monoisotopic (exact) mass is 329 g/mol. The van der Waals surface area contributed by atoms with Crippen LogP contribution in [0.4, 0.5) is 0 Å². The molecule has 24 heavy (non-hydrogen) atoms. The largest absolute Gasteiger partial charge is 0.493 e. The van der Waals surface area contributed by atoms with Gasteiger partial charge in [0.1, 0.15) is 12.1 Å². The Kier molecular flexibility index (Phi) is 3.98. The van der Waals surface area contributed by atoms with Crippen molar-refractivity contribution in [3.05, 3.63) is 34.9 Å². The Bertz CT molecular complexity index is 976. The molecule has 3 aromatic rings. The van der Waals surface area contributed by atoms with Crippen molar-refractivity contribution in [2.24, 2.45) is 0 Å². The molecule has 0 bridgehead atoms. The summed E-state index contributed by atoms with van der Waals surface area (Å²) in [4.78, 5) is 27.8. The highest BCUT2D eigenvalue weighted by Gasteiger charge is 2.15. The smallest absolute Gasteiger partial charge is 0.283 e. The van der Waals surface area contributed by atoms with E-state index in [1.54, 1.807) is 25.3 Å². The van der Waals surface area contributed by atoms with Crippen LogP contribution in [0, 0.1) is 0 Å². The SMILES string of the molecule is COc1ccc(-n2nnc3c(=O)n(CC(C)=O)cnc32)cc1OC. The predicted molar refractivity (Wildman–Crippen MR) is 84.7 cm³/mol. The van der Waals surface area contributed by atoms with Gasteiger partial charge in [-0.3, -0.25) is 14.2 Å². The normalized spacial score (nSPS) is 10.8. The number of methoxy groups -OCH3 is 2. The number of ketones is 1. The van der Waals surface area contributed by atoms with Crippen molar-refractivity contribution in [3.8, 4) is 17.2 Å². The number of ether oxygens (including phenoxy) is 2. The Morgan fingerprint density at radius 1 is 1.21 bits per heavy atom. The molecule has 3 rings (SSSR count). The zero-order valence-electron chi connectivity index (χ0n) is 13.4. The minimum absolute atomic E-state index is 0.0506. The lowest BCUT2D eigenvalue weighted by atomic mass is 10.2. The molecule has 0 aliphatic rings. The second kappa shape index (κ2) is 6.11. The maximum atomic E-state index is 12.3. The molecule has 0 amide bonds. The van der Waals surface area contributed by atoms with Gasteiger partial charge in [0.25, 0.3) is 5.56 Å². The van der Waals surface area contributed by atoms with Gasteiger partial charge in [-0.2, -0.15) is 4.68 Å². The summed E-state index contributed by atoms with van der Waals surface area (Å²) in [7, 11) is 3.07. The van der Waals surface area contributed by atoms with Gasteiger partial charge in [-0.15, -0.1) is 5.10 Å². The summed E-state index contributed by atoms with van der Waals surface area (Å²) in [5.41, 5.74) is 0.592. The molecule has 0 radical (unpaired) electrons. The minimum atomic E-state index is -0.415. The summed E-state index contributed by atoms with van der Waals surface area (Å²) >= 11 is 0. The number of hydrogen-bond donors (Lipinski definition) is 0. The van der Waals surface area contributed by atoms with Crippen molar-refractivity contribution in [1.29, 1.82) is 0 Å². The van der Waals surface area contributed by atoms with Crippen LogP contribution < -0.4 is 15.0 Å². The molecule has 0 atom stereocenters. The van der Waals surface area contributed by atoms with E-state index in [0.29, 0.717) is 22.8 Å². The average molecular weight is 329 g/mol. The van der Waals surface area contributed by atoms with Crippen LogP contribution in [0.15, 0.2) is 29.3 Å². The van der Waals surface area contributed by atoms with Gasteiger partial charge in [0.15, 0.2) is 22.7 Å². The van der Waals surface area contributed by atoms with Crippen LogP contribution in [-0.2, 0) is 11.3 Å². The molecule has 1 aromatic carbocycles. The molecule has 0 saturated carbocycles. The number of rotatable bonds is 5. The summed E-state index contributed by atoms with van der Waals surface area (Å²) in [5.74, 6) is 0.941. The number of nitrogens with zero attached hydrogens (tertiary/aromatic N) is 5. The van der Waals surface area contributed by atoms with E-state index in [9.17, 15) is 9.59 Å². The van der Waals surface area contributed by atoms with Gasteiger partial charge in [0, 0.05) is 6.07 Å². The Morgan fingerprint density at radius 3 is 2.62 bits per heavy atom. The van der Waals surface area contributed by atoms with E-state index in [4.69, 9.17) is 9.47 Å². The lowest BCUT2D eigenvalue weighted by Crippen LogP contribution is -2.23. The summed E-state index contributed by atoms with van der Waals surface area (Å²) in [6, 6.07) is 5.17. The van der Waals surface area contributed by atoms with Crippen LogP contribution in [0.2, 0.25) is 0 Å². The average Bonchev–Trinajstić information content (AvgIpc) is 3.01. The molecule has 0 aliphatic carbocycles. The first-order valence-electron chi connectivity index (χ1n) is 7.08. The highest BCUT2D eigenvalue weighted by Crippen LogP contribution is 2.29. The molecule has 0 N–H and O–H groups in total. The maximum Gasteiger partial charge on any atom is 0.283 e. The van der Waals surface area contributed by atoms with Crippen LogP contribution in [0.5, 0.6) is 11.5 Å². The predicted octanol–water partition coefficient (Wildman–Crippen LogP) is 0.583. The van der Waals surface area contributed by atoms with Crippen molar-refractivity contribution >= 4 is 16.9 Å². The van der Waals surface area contributed by atoms with Gasteiger partial charge in [-0.05, 0) is 19.1 Å². The molecule has 124 valence electrons. The second-order valence-corrected chi connectivity index (χ2v) is 5.09. The number of carbonyl (C=O) groups excluding carboxylic acids is 1. The van der Waals surface area contributed by atoms with E-state index in [1.165, 1.54) is 29.6 Å². The number of aromatic nitrogens is 5. The third kappa shape index (κ3) is 2.60. The van der Waals surface area contributed by atoms with Gasteiger partial charge in [-0.1, -0.05) is 5.21 Å². The van der Waals surface area contributed by atoms with E-state index in [0.717, 1.165) is 0 Å². The number of hydrogen-bond acceptors (Lipinski definition) is 7. The van der Waals surface area contributed by atoms with E-state index in [-0.39, 0.29) is 17.8 Å². The molecule has 0 fully saturated rings. The summed E-state index contributed by atoms with van der Waals surface area (Å²) in [6.07, 6.45) is 1.31. The molecule has 0 saturated heterocycles. The second-order valence-electron chi connectivity index (χ2n) is 5.09. The number of Topliss-reactive ketones (excluding diaryl/α,β-unsaturated/α-hetero) is 1. The number of carbonyl (C=O) groups is 1. The maximum absolute atomic E-state index is 12.3. The fourth-order valence-electron chi connectivity index (χ4n) is 2.33. The van der Waals surface area contributed by atoms with E-state index in [2.05, 4.69) is 15.3 Å². The molecular formula is C15H15N5O4. The van der Waals surface area contributed by atoms with E-state index in [1.807, 2.05) is 0 Å². The fourth-order valence-corrected chi connectivity index (χ4v) is 2.33. The lowest BCUT2D eigenvalue weighted by Gasteiger charge is -2.09. The third-order valence-corrected chi connectivity index (χ3v) is 3.43. The summed E-state index contributed by atoms with van der Waals surface area (Å²) in [5, 5.41) is 7.88. The van der Waals surface area contributed by atoms with Crippen LogP contribution in [0.1, 0.15) is 6.92 Å². The molecule has 0 spiro atoms. The molecule has 2 aromatic heterocycles. The first kappa shape index (κ1) is 15.7. The Labute approximate surface area is 136 Å². The van der Waals surface area contributed by atoms with E-state index < -0.39 is 5.56 Å². The number of fused-ring (bicyclic) bond motifs is 1. The van der Waals surface area contributed by atoms with E-state index >= 15 is 0 Å². The van der Waals surface area contributed by atoms with Crippen molar-refractivity contribution in [2.75, 3.05) is 14.2 Å². The Hall–Kier alpha value is -3.23. The van der Waals surface area contributed by atoms with Gasteiger partial charge < -0.3 is 9.47 Å². The first-order valence-corrected chi connectivity index (χ1v) is 7.08. The third-order valence-electron chi connectivity index (χ3n) is 3.43. The van der Waals surface area contributed by atoms with Crippen molar-refractivity contribution < 1.29 is 14.3 Å². The Balaban J connectivity index is 2.13. The van der Waals surface area contributed by atoms with Crippen LogP contribution in [0.25, 0.3) is 16.9 Å². The zero-order valence-corrected chi connectivity index (χ0v) is 13.4. The molecule has 9 nitrogen and oxygen atoms in total. The molecule has 0 unspecified atom stereocenters. The van der Waals surface area contributed by atoms with Crippen LogP contribution in [0.3, 0.4) is 0 Å². The summed E-state index contributed by atoms with van der Waals surface area (Å²) in [6.45, 7) is 1.35. The summed E-state index contributed by atoms with van der Waals surface area (Å²) < 4.78 is 13.1. The van der Waals surface area contributed by atoms with Crippen LogP contribution in [-0.4, -0.2) is 44.5 Å².